The number of hydrogen-bond donors (Lipinski definition) is 3. The summed E-state index contributed by atoms with van der Waals surface area (Å²) in [6.07, 6.45) is -0.322. The van der Waals surface area contributed by atoms with Crippen molar-refractivity contribution in [1.82, 2.24) is 10.2 Å². The Labute approximate surface area is 84.7 Å². The molecule has 0 aromatic rings. The second kappa shape index (κ2) is 4.40. The molecular formula is C7H10N4O4. The van der Waals surface area contributed by atoms with E-state index in [0.29, 0.717) is 0 Å². The molecule has 1 aliphatic heterocycles. The highest BCUT2D eigenvalue weighted by Crippen LogP contribution is 1.98. The molecule has 4 N–H and O–H groups in total. The molecule has 0 spiro atoms. The first-order valence-corrected chi connectivity index (χ1v) is 4.09. The van der Waals surface area contributed by atoms with Crippen LogP contribution in [-0.2, 0) is 14.4 Å². The zero-order valence-electron chi connectivity index (χ0n) is 7.77. The fraction of sp³-hybridized carbons (Fsp3) is 0.429. The molecule has 3 amide bonds. The minimum absolute atomic E-state index is 0.191. The maximum Gasteiger partial charge on any atom is 0.246 e. The van der Waals surface area contributed by atoms with Crippen LogP contribution in [0.3, 0.4) is 0 Å². The van der Waals surface area contributed by atoms with E-state index >= 15 is 0 Å². The highest BCUT2D eigenvalue weighted by Gasteiger charge is 2.26. The van der Waals surface area contributed by atoms with E-state index in [1.807, 2.05) is 5.32 Å². The van der Waals surface area contributed by atoms with E-state index < -0.39 is 17.7 Å². The molecule has 0 atom stereocenters. The molecule has 0 bridgehead atoms. The van der Waals surface area contributed by atoms with Gasteiger partial charge in [0.1, 0.15) is 18.9 Å². The van der Waals surface area contributed by atoms with Crippen LogP contribution in [0.25, 0.3) is 0 Å². The average molecular weight is 214 g/mol. The number of piperazine rings is 1. The number of hydrogen-bond acceptors (Lipinski definition) is 5. The molecule has 1 aliphatic rings. The lowest BCUT2D eigenvalue weighted by Crippen LogP contribution is -2.53. The van der Waals surface area contributed by atoms with Gasteiger partial charge in [0, 0.05) is 0 Å². The number of amidine groups is 1. The lowest BCUT2D eigenvalue weighted by Gasteiger charge is -2.25. The first-order chi connectivity index (χ1) is 7.02. The molecule has 0 radical (unpaired) electrons. The Kier molecular flexibility index (Phi) is 3.21. The molecule has 15 heavy (non-hydrogen) atoms. The standard InChI is InChI=1S/C7H10N4O4/c8-4(10-15)1-7(14)11-2-5(12)9-6(13)3-11/h15H,1-3H2,(H2,8,10)(H,9,12,13). The number of oxime groups is 1. The van der Waals surface area contributed by atoms with Crippen LogP contribution in [0.4, 0.5) is 0 Å². The second-order valence-corrected chi connectivity index (χ2v) is 2.99. The number of rotatable bonds is 2. The summed E-state index contributed by atoms with van der Waals surface area (Å²) in [5.41, 5.74) is 5.12. The van der Waals surface area contributed by atoms with Gasteiger partial charge in [-0.2, -0.15) is 0 Å². The summed E-state index contributed by atoms with van der Waals surface area (Å²) in [4.78, 5) is 34.2. The van der Waals surface area contributed by atoms with Crippen molar-refractivity contribution in [2.45, 2.75) is 6.42 Å². The number of nitrogens with zero attached hydrogens (tertiary/aromatic N) is 2. The summed E-state index contributed by atoms with van der Waals surface area (Å²) in [7, 11) is 0. The number of imide groups is 1. The number of nitrogens with two attached hydrogens (primary N) is 1. The van der Waals surface area contributed by atoms with E-state index in [9.17, 15) is 14.4 Å². The van der Waals surface area contributed by atoms with Crippen LogP contribution in [0.15, 0.2) is 5.16 Å². The molecule has 8 nitrogen and oxygen atoms in total. The monoisotopic (exact) mass is 214 g/mol. The number of amides is 3. The third kappa shape index (κ3) is 2.93. The third-order valence-electron chi connectivity index (χ3n) is 1.76. The minimum Gasteiger partial charge on any atom is -0.409 e. The molecule has 1 saturated heterocycles. The van der Waals surface area contributed by atoms with Crippen LogP contribution >= 0.6 is 0 Å². The van der Waals surface area contributed by atoms with Crippen molar-refractivity contribution in [2.24, 2.45) is 10.9 Å². The summed E-state index contributed by atoms with van der Waals surface area (Å²) in [5, 5.41) is 12.9. The zero-order valence-corrected chi connectivity index (χ0v) is 7.77. The van der Waals surface area contributed by atoms with Gasteiger partial charge in [0.15, 0.2) is 0 Å². The number of carbonyl (C=O) groups excluding carboxylic acids is 3. The topological polar surface area (TPSA) is 125 Å². The largest absolute Gasteiger partial charge is 0.409 e. The second-order valence-electron chi connectivity index (χ2n) is 2.99. The summed E-state index contributed by atoms with van der Waals surface area (Å²) in [6, 6.07) is 0. The Morgan fingerprint density at radius 1 is 1.47 bits per heavy atom. The minimum atomic E-state index is -0.542. The summed E-state index contributed by atoms with van der Waals surface area (Å²) in [5.74, 6) is -1.88. The van der Waals surface area contributed by atoms with Crippen molar-refractivity contribution in [3.8, 4) is 0 Å². The zero-order chi connectivity index (χ0) is 11.4. The van der Waals surface area contributed by atoms with Gasteiger partial charge in [-0.3, -0.25) is 19.7 Å². The van der Waals surface area contributed by atoms with Crippen molar-refractivity contribution in [3.05, 3.63) is 0 Å². The van der Waals surface area contributed by atoms with Gasteiger partial charge >= 0.3 is 0 Å². The van der Waals surface area contributed by atoms with E-state index in [0.717, 1.165) is 4.90 Å². The van der Waals surface area contributed by atoms with Gasteiger partial charge in [-0.25, -0.2) is 0 Å². The molecule has 1 heterocycles. The van der Waals surface area contributed by atoms with Crippen molar-refractivity contribution < 1.29 is 19.6 Å². The van der Waals surface area contributed by atoms with Gasteiger partial charge in [-0.05, 0) is 0 Å². The van der Waals surface area contributed by atoms with Crippen LogP contribution in [0.5, 0.6) is 0 Å². The number of carbonyl (C=O) groups is 3. The molecule has 0 aromatic carbocycles. The van der Waals surface area contributed by atoms with Crippen LogP contribution in [0, 0.1) is 0 Å². The SMILES string of the molecule is NC(CC(=O)N1CC(=O)NC(=O)C1)=NO. The molecular weight excluding hydrogens is 204 g/mol. The lowest BCUT2D eigenvalue weighted by atomic mass is 10.3. The smallest absolute Gasteiger partial charge is 0.246 e. The summed E-state index contributed by atoms with van der Waals surface area (Å²) in [6.45, 7) is -0.382. The van der Waals surface area contributed by atoms with Crippen molar-refractivity contribution in [2.75, 3.05) is 13.1 Å². The van der Waals surface area contributed by atoms with Gasteiger partial charge in [-0.15, -0.1) is 0 Å². The van der Waals surface area contributed by atoms with Gasteiger partial charge < -0.3 is 15.8 Å². The fourth-order valence-corrected chi connectivity index (χ4v) is 1.12. The molecule has 0 unspecified atom stereocenters. The Balaban J connectivity index is 2.59. The van der Waals surface area contributed by atoms with Crippen LogP contribution in [0.1, 0.15) is 6.42 Å². The molecule has 0 aromatic heterocycles. The van der Waals surface area contributed by atoms with Crippen LogP contribution < -0.4 is 11.1 Å². The normalized spacial score (nSPS) is 17.6. The average Bonchev–Trinajstić information content (AvgIpc) is 2.16. The highest BCUT2D eigenvalue weighted by molar-refractivity contribution is 6.05. The van der Waals surface area contributed by atoms with E-state index in [1.165, 1.54) is 0 Å². The predicted molar refractivity (Wildman–Crippen MR) is 47.8 cm³/mol. The predicted octanol–water partition coefficient (Wildman–Crippen LogP) is -2.39. The van der Waals surface area contributed by atoms with Crippen molar-refractivity contribution in [1.29, 1.82) is 0 Å². The third-order valence-corrected chi connectivity index (χ3v) is 1.76. The molecule has 0 aliphatic carbocycles. The Bertz CT molecular complexity index is 322. The maximum absolute atomic E-state index is 11.4. The first kappa shape index (κ1) is 11.0. The van der Waals surface area contributed by atoms with E-state index in [1.54, 1.807) is 0 Å². The summed E-state index contributed by atoms with van der Waals surface area (Å²) >= 11 is 0. The Morgan fingerprint density at radius 2 is 2.00 bits per heavy atom. The van der Waals surface area contributed by atoms with Gasteiger partial charge in [-0.1, -0.05) is 5.16 Å². The lowest BCUT2D eigenvalue weighted by molar-refractivity contribution is -0.144. The molecule has 8 heteroatoms. The molecule has 0 saturated carbocycles. The Hall–Kier alpha value is -2.12. The van der Waals surface area contributed by atoms with Crippen molar-refractivity contribution >= 4 is 23.6 Å². The maximum atomic E-state index is 11.4. The molecule has 82 valence electrons. The van der Waals surface area contributed by atoms with E-state index in [4.69, 9.17) is 10.9 Å². The van der Waals surface area contributed by atoms with Crippen LogP contribution in [-0.4, -0.2) is 46.8 Å². The van der Waals surface area contributed by atoms with Gasteiger partial charge in [0.25, 0.3) is 0 Å². The van der Waals surface area contributed by atoms with Gasteiger partial charge in [0.05, 0.1) is 6.42 Å². The van der Waals surface area contributed by atoms with E-state index in [-0.39, 0.29) is 25.3 Å². The quantitative estimate of drug-likeness (QED) is 0.155. The van der Waals surface area contributed by atoms with Crippen LogP contribution in [0.2, 0.25) is 0 Å². The molecule has 1 rings (SSSR count). The fourth-order valence-electron chi connectivity index (χ4n) is 1.12. The van der Waals surface area contributed by atoms with Crippen molar-refractivity contribution in [3.63, 3.8) is 0 Å². The first-order valence-electron chi connectivity index (χ1n) is 4.09. The van der Waals surface area contributed by atoms with E-state index in [2.05, 4.69) is 5.16 Å². The Morgan fingerprint density at radius 3 is 2.47 bits per heavy atom. The number of nitrogens with one attached hydrogen (secondary N) is 1. The molecule has 1 fully saturated rings. The summed E-state index contributed by atoms with van der Waals surface area (Å²) < 4.78 is 0. The van der Waals surface area contributed by atoms with Gasteiger partial charge in [0.2, 0.25) is 17.7 Å². The highest BCUT2D eigenvalue weighted by atomic mass is 16.4.